The van der Waals surface area contributed by atoms with Gasteiger partial charge >= 0.3 is 5.75 Å². The van der Waals surface area contributed by atoms with Gasteiger partial charge in [0.15, 0.2) is 0 Å². The molecule has 0 saturated carbocycles. The first-order chi connectivity index (χ1) is 10.1. The molecule has 23 heavy (non-hydrogen) atoms. The van der Waals surface area contributed by atoms with Gasteiger partial charge in [-0.3, -0.25) is 4.74 Å². The van der Waals surface area contributed by atoms with Crippen molar-refractivity contribution in [2.75, 3.05) is 14.2 Å². The predicted octanol–water partition coefficient (Wildman–Crippen LogP) is -2.41. The summed E-state index contributed by atoms with van der Waals surface area (Å²) in [6.45, 7) is 2.92. The van der Waals surface area contributed by atoms with Crippen molar-refractivity contribution in [2.45, 2.75) is 20.8 Å². The molecule has 0 aliphatic rings. The molecule has 0 aliphatic carbocycles. The Morgan fingerprint density at radius 2 is 1.30 bits per heavy atom. The van der Waals surface area contributed by atoms with Gasteiger partial charge in [-0.25, -0.2) is 0 Å². The van der Waals surface area contributed by atoms with Gasteiger partial charge in [0.05, 0.1) is 13.2 Å². The Labute approximate surface area is 155 Å². The minimum atomic E-state index is -1.08. The molecular weight excluding hydrogens is 503 g/mol. The largest absolute Gasteiger partial charge is 0.550 e. The maximum Gasteiger partial charge on any atom is 0.346 e. The first-order valence-electron chi connectivity index (χ1n) is 5.77. The van der Waals surface area contributed by atoms with Crippen molar-refractivity contribution in [3.63, 3.8) is 0 Å². The van der Waals surface area contributed by atoms with E-state index >= 15 is 0 Å². The summed E-state index contributed by atoms with van der Waals surface area (Å²) in [6, 6.07) is 7.47. The molecule has 0 fully saturated rings. The summed E-state index contributed by atoms with van der Waals surface area (Å²) in [7, 11) is 3.27. The van der Waals surface area contributed by atoms with Crippen LogP contribution in [0.25, 0.3) is 0 Å². The molecule has 129 valence electrons. The van der Waals surface area contributed by atoms with E-state index in [0.29, 0.717) is 0 Å². The Balaban J connectivity index is -0.000000118. The van der Waals surface area contributed by atoms with Gasteiger partial charge in [0.2, 0.25) is 0 Å². The number of ether oxygens (including phenoxy) is 2. The number of carbonyl (C=O) groups excluding carboxylic acids is 3. The number of carbonyl (C=O) groups is 3. The van der Waals surface area contributed by atoms with Gasteiger partial charge in [0, 0.05) is 51.3 Å². The molecule has 0 atom stereocenters. The van der Waals surface area contributed by atoms with Crippen LogP contribution in [0.2, 0.25) is 0 Å². The van der Waals surface area contributed by atoms with E-state index in [4.69, 9.17) is 39.2 Å². The molecule has 9 heteroatoms. The average Bonchev–Trinajstić information content (AvgIpc) is 2.36. The third-order valence-corrected chi connectivity index (χ3v) is 1.28. The molecule has 0 unspecified atom stereocenters. The first kappa shape index (κ1) is 29.2. The Morgan fingerprint density at radius 1 is 0.957 bits per heavy atom. The van der Waals surface area contributed by atoms with E-state index in [-0.39, 0.29) is 27.3 Å². The number of rotatable bonds is 2. The number of hydrogen-bond acceptors (Lipinski definition) is 8. The molecule has 5 radical (unpaired) electrons. The van der Waals surface area contributed by atoms with Crippen molar-refractivity contribution < 1.29 is 39.2 Å². The van der Waals surface area contributed by atoms with Gasteiger partial charge in [0.1, 0.15) is 5.75 Å². The maximum absolute atomic E-state index is 8.89. The monoisotopic (exact) mass is 523 g/mol. The maximum atomic E-state index is 8.89. The van der Waals surface area contributed by atoms with Crippen LogP contribution in [0.1, 0.15) is 20.8 Å². The first-order valence-corrected chi connectivity index (χ1v) is 5.77. The Morgan fingerprint density at radius 3 is 1.57 bits per heavy atom. The number of hydrogen-bond donors (Lipinski definition) is 0. The van der Waals surface area contributed by atoms with Crippen LogP contribution in [0.4, 0.5) is 0 Å². The van der Waals surface area contributed by atoms with Crippen molar-refractivity contribution >= 4 is 45.2 Å². The Kier molecular flexibility index (Phi) is 25.6. The average molecular weight is 522 g/mol. The summed E-state index contributed by atoms with van der Waals surface area (Å²) in [5.41, 5.74) is 0. The molecule has 0 heterocycles. The fraction of sp³-hybridized carbons (Fsp3) is 0.357. The van der Waals surface area contributed by atoms with Gasteiger partial charge in [-0.05, 0) is 32.9 Å². The predicted molar refractivity (Wildman–Crippen MR) is 77.3 cm³/mol. The molecule has 8 nitrogen and oxygen atoms in total. The number of benzene rings is 1. The number of methoxy groups -OCH3 is 2. The van der Waals surface area contributed by atoms with Crippen molar-refractivity contribution in [3.05, 3.63) is 24.3 Å². The van der Waals surface area contributed by atoms with Crippen LogP contribution in [-0.2, 0) is 14.4 Å². The quantitative estimate of drug-likeness (QED) is 0.309. The summed E-state index contributed by atoms with van der Waals surface area (Å²) in [5.74, 6) is -1.61. The Bertz CT molecular complexity index is 388. The minimum Gasteiger partial charge on any atom is -0.550 e. The van der Waals surface area contributed by atoms with Gasteiger partial charge < -0.3 is 34.4 Å². The molecule has 1 aromatic rings. The SMILES string of the molecule is CC(=O)[O-].CC(=O)[O-].CC(=O)[O-].COc1cccc([O+]C)c1.[Pb]. The molecule has 0 bridgehead atoms. The summed E-state index contributed by atoms with van der Waals surface area (Å²) in [5, 5.41) is 26.7. The molecule has 0 aromatic heterocycles. The number of carboxylic acids is 3. The Hall–Kier alpha value is -1.85. The molecular formula is C14H19O8Pb-2. The van der Waals surface area contributed by atoms with Crippen molar-refractivity contribution in [2.24, 2.45) is 0 Å². The van der Waals surface area contributed by atoms with Gasteiger partial charge in [-0.15, -0.1) is 0 Å². The molecule has 1 aromatic carbocycles. The third kappa shape index (κ3) is 45.0. The van der Waals surface area contributed by atoms with Crippen LogP contribution in [0.5, 0.6) is 11.5 Å². The molecule has 1 rings (SSSR count). The standard InChI is InChI=1S/C8H10O2.3C2H4O2.Pb/c1-9-7-4-3-5-8(6-7)10-2;3*1-2(3)4;/h3-6H,1-2H3;3*1H3,(H,3,4);/q+1;;;;/p-3. The minimum absolute atomic E-state index is 0. The van der Waals surface area contributed by atoms with E-state index in [9.17, 15) is 0 Å². The van der Waals surface area contributed by atoms with Gasteiger partial charge in [-0.1, -0.05) is 0 Å². The van der Waals surface area contributed by atoms with Crippen LogP contribution in [0, 0.1) is 0 Å². The second-order valence-electron chi connectivity index (χ2n) is 3.36. The fourth-order valence-corrected chi connectivity index (χ4v) is 0.728. The van der Waals surface area contributed by atoms with Crippen LogP contribution in [0.15, 0.2) is 24.3 Å². The zero-order valence-corrected chi connectivity index (χ0v) is 17.5. The summed E-state index contributed by atoms with van der Waals surface area (Å²) in [6.07, 6.45) is 0. The van der Waals surface area contributed by atoms with Crippen LogP contribution in [0.3, 0.4) is 0 Å². The van der Waals surface area contributed by atoms with E-state index in [1.165, 1.54) is 0 Å². The van der Waals surface area contributed by atoms with Gasteiger partial charge in [-0.2, -0.15) is 0 Å². The van der Waals surface area contributed by atoms with E-state index in [2.05, 4.69) is 0 Å². The van der Waals surface area contributed by atoms with Crippen molar-refractivity contribution in [1.82, 2.24) is 0 Å². The van der Waals surface area contributed by atoms with Crippen molar-refractivity contribution in [1.29, 1.82) is 0 Å². The van der Waals surface area contributed by atoms with Crippen LogP contribution < -0.4 is 24.8 Å². The topological polar surface area (TPSA) is 141 Å². The summed E-state index contributed by atoms with van der Waals surface area (Å²) >= 11 is 0. The summed E-state index contributed by atoms with van der Waals surface area (Å²) < 4.78 is 9.95. The molecule has 0 amide bonds. The van der Waals surface area contributed by atoms with Crippen LogP contribution in [-0.4, -0.2) is 59.4 Å². The zero-order valence-electron chi connectivity index (χ0n) is 13.6. The molecule has 0 saturated heterocycles. The second-order valence-corrected chi connectivity index (χ2v) is 3.36. The molecule has 0 spiro atoms. The van der Waals surface area contributed by atoms with E-state index in [1.807, 2.05) is 24.3 Å². The van der Waals surface area contributed by atoms with E-state index in [0.717, 1.165) is 32.3 Å². The normalized spacial score (nSPS) is 7.17. The number of aliphatic carboxylic acids is 3. The third-order valence-electron chi connectivity index (χ3n) is 1.28. The number of carboxylic acid groups (broad SMARTS) is 3. The molecule has 0 aliphatic heterocycles. The van der Waals surface area contributed by atoms with E-state index in [1.54, 1.807) is 14.2 Å². The van der Waals surface area contributed by atoms with Gasteiger partial charge in [0.25, 0.3) is 7.11 Å². The summed E-state index contributed by atoms with van der Waals surface area (Å²) in [4.78, 5) is 26.7. The van der Waals surface area contributed by atoms with E-state index < -0.39 is 17.9 Å². The zero-order chi connectivity index (χ0) is 18.1. The molecule has 0 N–H and O–H groups in total. The van der Waals surface area contributed by atoms with Crippen molar-refractivity contribution in [3.8, 4) is 11.5 Å². The van der Waals surface area contributed by atoms with Crippen LogP contribution >= 0.6 is 0 Å². The second kappa shape index (κ2) is 20.2. The fourth-order valence-electron chi connectivity index (χ4n) is 0.728. The smallest absolute Gasteiger partial charge is 0.346 e.